The van der Waals surface area contributed by atoms with Gasteiger partial charge in [-0.1, -0.05) is 66.7 Å². The maximum absolute atomic E-state index is 13.2. The number of nitrogens with one attached hydrogen (secondary N) is 2. The van der Waals surface area contributed by atoms with Crippen molar-refractivity contribution >= 4 is 17.5 Å². The number of hydrogen-bond donors (Lipinski definition) is 2. The van der Waals surface area contributed by atoms with Crippen LogP contribution >= 0.6 is 0 Å². The van der Waals surface area contributed by atoms with Gasteiger partial charge < -0.3 is 10.6 Å². The largest absolute Gasteiger partial charge is 0.346 e. The third-order valence-corrected chi connectivity index (χ3v) is 5.10. The standard InChI is InChI=1S/C27H23N3O2/c31-26(29-19-24-13-7-8-18-28-24)22-14-16-23(17-15-22)30-27(32)25(20-9-3-1-4-10-20)21-11-5-2-6-12-21/h1-18,25H,19H2,(H,29,31)(H,30,32). The molecule has 32 heavy (non-hydrogen) atoms. The minimum atomic E-state index is -0.432. The fraction of sp³-hybridized carbons (Fsp3) is 0.0741. The Morgan fingerprint density at radius 2 is 1.31 bits per heavy atom. The molecule has 5 nitrogen and oxygen atoms in total. The number of amides is 2. The molecule has 0 bridgehead atoms. The van der Waals surface area contributed by atoms with Gasteiger partial charge >= 0.3 is 0 Å². The minimum Gasteiger partial charge on any atom is -0.346 e. The van der Waals surface area contributed by atoms with Crippen LogP contribution in [0.3, 0.4) is 0 Å². The molecule has 0 saturated carbocycles. The Labute approximate surface area is 187 Å². The van der Waals surface area contributed by atoms with Crippen molar-refractivity contribution in [1.29, 1.82) is 0 Å². The molecule has 0 aliphatic rings. The summed E-state index contributed by atoms with van der Waals surface area (Å²) in [7, 11) is 0. The summed E-state index contributed by atoms with van der Waals surface area (Å²) in [6.07, 6.45) is 1.69. The van der Waals surface area contributed by atoms with Gasteiger partial charge in [0.15, 0.2) is 0 Å². The average Bonchev–Trinajstić information content (AvgIpc) is 2.85. The lowest BCUT2D eigenvalue weighted by Gasteiger charge is -2.18. The number of carbonyl (C=O) groups is 2. The topological polar surface area (TPSA) is 71.1 Å². The van der Waals surface area contributed by atoms with Gasteiger partial charge in [0.25, 0.3) is 5.91 Å². The van der Waals surface area contributed by atoms with E-state index in [-0.39, 0.29) is 11.8 Å². The molecule has 5 heteroatoms. The number of nitrogens with zero attached hydrogens (tertiary/aromatic N) is 1. The Hall–Kier alpha value is -4.25. The third kappa shape index (κ3) is 5.26. The van der Waals surface area contributed by atoms with Gasteiger partial charge in [-0.05, 0) is 47.5 Å². The second kappa shape index (κ2) is 10.2. The van der Waals surface area contributed by atoms with E-state index < -0.39 is 5.92 Å². The van der Waals surface area contributed by atoms with E-state index in [0.29, 0.717) is 17.8 Å². The smallest absolute Gasteiger partial charge is 0.251 e. The van der Waals surface area contributed by atoms with E-state index in [0.717, 1.165) is 16.8 Å². The molecule has 0 aliphatic heterocycles. The van der Waals surface area contributed by atoms with Crippen LogP contribution in [-0.4, -0.2) is 16.8 Å². The highest BCUT2D eigenvalue weighted by atomic mass is 16.2. The molecule has 0 spiro atoms. The lowest BCUT2D eigenvalue weighted by Crippen LogP contribution is -2.24. The van der Waals surface area contributed by atoms with Gasteiger partial charge in [0.2, 0.25) is 5.91 Å². The normalized spacial score (nSPS) is 10.5. The zero-order valence-electron chi connectivity index (χ0n) is 17.4. The van der Waals surface area contributed by atoms with Gasteiger partial charge in [0.1, 0.15) is 0 Å². The Morgan fingerprint density at radius 3 is 1.88 bits per heavy atom. The number of benzene rings is 3. The molecule has 0 unspecified atom stereocenters. The molecule has 2 amide bonds. The second-order valence-corrected chi connectivity index (χ2v) is 7.32. The van der Waals surface area contributed by atoms with E-state index in [1.54, 1.807) is 30.5 Å². The lowest BCUT2D eigenvalue weighted by molar-refractivity contribution is -0.116. The Bertz CT molecular complexity index is 1120. The summed E-state index contributed by atoms with van der Waals surface area (Å²) in [5.41, 5.74) is 3.77. The van der Waals surface area contributed by atoms with E-state index in [2.05, 4.69) is 15.6 Å². The highest BCUT2D eigenvalue weighted by molar-refractivity contribution is 5.99. The lowest BCUT2D eigenvalue weighted by atomic mass is 9.90. The van der Waals surface area contributed by atoms with Gasteiger partial charge in [-0.25, -0.2) is 0 Å². The van der Waals surface area contributed by atoms with Crippen LogP contribution in [0.5, 0.6) is 0 Å². The number of anilines is 1. The van der Waals surface area contributed by atoms with Crippen LogP contribution in [0.2, 0.25) is 0 Å². The molecule has 4 aromatic rings. The first-order valence-corrected chi connectivity index (χ1v) is 10.4. The van der Waals surface area contributed by atoms with Gasteiger partial charge in [-0.3, -0.25) is 14.6 Å². The molecular formula is C27H23N3O2. The van der Waals surface area contributed by atoms with Gasteiger partial charge in [-0.15, -0.1) is 0 Å². The molecule has 158 valence electrons. The summed E-state index contributed by atoms with van der Waals surface area (Å²) >= 11 is 0. The van der Waals surface area contributed by atoms with Crippen LogP contribution < -0.4 is 10.6 Å². The van der Waals surface area contributed by atoms with Crippen molar-refractivity contribution in [3.63, 3.8) is 0 Å². The van der Waals surface area contributed by atoms with Crippen molar-refractivity contribution in [3.05, 3.63) is 132 Å². The predicted octanol–water partition coefficient (Wildman–Crippen LogP) is 4.78. The number of aromatic nitrogens is 1. The van der Waals surface area contributed by atoms with Crippen LogP contribution in [0.4, 0.5) is 5.69 Å². The molecule has 3 aromatic carbocycles. The summed E-state index contributed by atoms with van der Waals surface area (Å²) in [5.74, 6) is -0.756. The van der Waals surface area contributed by atoms with Crippen molar-refractivity contribution in [2.45, 2.75) is 12.5 Å². The monoisotopic (exact) mass is 421 g/mol. The molecule has 0 fully saturated rings. The van der Waals surface area contributed by atoms with Crippen molar-refractivity contribution < 1.29 is 9.59 Å². The van der Waals surface area contributed by atoms with E-state index in [9.17, 15) is 9.59 Å². The van der Waals surface area contributed by atoms with E-state index in [4.69, 9.17) is 0 Å². The molecule has 2 N–H and O–H groups in total. The Kier molecular flexibility index (Phi) is 6.68. The summed E-state index contributed by atoms with van der Waals surface area (Å²) in [5, 5.41) is 5.83. The van der Waals surface area contributed by atoms with Crippen molar-refractivity contribution in [1.82, 2.24) is 10.3 Å². The fourth-order valence-electron chi connectivity index (χ4n) is 3.48. The van der Waals surface area contributed by atoms with Crippen LogP contribution in [0.25, 0.3) is 0 Å². The predicted molar refractivity (Wildman–Crippen MR) is 125 cm³/mol. The average molecular weight is 422 g/mol. The molecular weight excluding hydrogens is 398 g/mol. The quantitative estimate of drug-likeness (QED) is 0.451. The molecule has 1 heterocycles. The Morgan fingerprint density at radius 1 is 0.719 bits per heavy atom. The Balaban J connectivity index is 1.44. The zero-order chi connectivity index (χ0) is 22.2. The van der Waals surface area contributed by atoms with E-state index in [1.807, 2.05) is 78.9 Å². The minimum absolute atomic E-state index is 0.130. The summed E-state index contributed by atoms with van der Waals surface area (Å²) in [6.45, 7) is 0.355. The molecule has 1 aromatic heterocycles. The van der Waals surface area contributed by atoms with Crippen molar-refractivity contribution in [2.24, 2.45) is 0 Å². The summed E-state index contributed by atoms with van der Waals surface area (Å²) in [4.78, 5) is 29.8. The third-order valence-electron chi connectivity index (χ3n) is 5.10. The van der Waals surface area contributed by atoms with Gasteiger partial charge in [0.05, 0.1) is 18.2 Å². The molecule has 0 aliphatic carbocycles. The highest BCUT2D eigenvalue weighted by Crippen LogP contribution is 2.26. The SMILES string of the molecule is O=C(NCc1ccccn1)c1ccc(NC(=O)C(c2ccccc2)c2ccccc2)cc1. The van der Waals surface area contributed by atoms with Gasteiger partial charge in [0, 0.05) is 17.4 Å². The number of carbonyl (C=O) groups excluding carboxylic acids is 2. The maximum Gasteiger partial charge on any atom is 0.251 e. The molecule has 0 saturated heterocycles. The highest BCUT2D eigenvalue weighted by Gasteiger charge is 2.22. The zero-order valence-corrected chi connectivity index (χ0v) is 17.4. The first kappa shape index (κ1) is 21.0. The molecule has 4 rings (SSSR count). The first-order chi connectivity index (χ1) is 15.7. The van der Waals surface area contributed by atoms with Crippen LogP contribution in [0, 0.1) is 0 Å². The van der Waals surface area contributed by atoms with E-state index >= 15 is 0 Å². The van der Waals surface area contributed by atoms with Crippen LogP contribution in [0.1, 0.15) is 33.1 Å². The maximum atomic E-state index is 13.2. The number of pyridine rings is 1. The van der Waals surface area contributed by atoms with Crippen molar-refractivity contribution in [3.8, 4) is 0 Å². The number of rotatable bonds is 7. The van der Waals surface area contributed by atoms with E-state index in [1.165, 1.54) is 0 Å². The molecule has 0 atom stereocenters. The fourth-order valence-corrected chi connectivity index (χ4v) is 3.48. The number of hydrogen-bond acceptors (Lipinski definition) is 3. The second-order valence-electron chi connectivity index (χ2n) is 7.32. The summed E-state index contributed by atoms with van der Waals surface area (Å²) < 4.78 is 0. The van der Waals surface area contributed by atoms with Crippen LogP contribution in [-0.2, 0) is 11.3 Å². The summed E-state index contributed by atoms with van der Waals surface area (Å²) in [6, 6.07) is 31.8. The van der Waals surface area contributed by atoms with Crippen LogP contribution in [0.15, 0.2) is 109 Å². The first-order valence-electron chi connectivity index (χ1n) is 10.4. The van der Waals surface area contributed by atoms with Crippen molar-refractivity contribution in [2.75, 3.05) is 5.32 Å². The van der Waals surface area contributed by atoms with Gasteiger partial charge in [-0.2, -0.15) is 0 Å². The molecule has 0 radical (unpaired) electrons.